The van der Waals surface area contributed by atoms with E-state index in [4.69, 9.17) is 0 Å². The molecule has 2 heterocycles. The first kappa shape index (κ1) is 25.9. The highest BCUT2D eigenvalue weighted by atomic mass is 79.9. The van der Waals surface area contributed by atoms with E-state index in [1.807, 2.05) is 24.3 Å². The first-order valence-corrected chi connectivity index (χ1v) is 13.0. The maximum absolute atomic E-state index is 13.2. The number of thiophene rings is 1. The number of alkyl halides is 3. The molecule has 0 saturated heterocycles. The summed E-state index contributed by atoms with van der Waals surface area (Å²) in [5.41, 5.74) is -0.555. The molecular formula is C23H17BrF3N5O2S2. The number of carbonyl (C=O) groups excluding carboxylic acids is 2. The van der Waals surface area contributed by atoms with Crippen molar-refractivity contribution in [1.29, 1.82) is 0 Å². The molecule has 36 heavy (non-hydrogen) atoms. The number of anilines is 1. The van der Waals surface area contributed by atoms with Crippen molar-refractivity contribution in [3.8, 4) is 5.69 Å². The van der Waals surface area contributed by atoms with Gasteiger partial charge in [-0.2, -0.15) is 13.2 Å². The van der Waals surface area contributed by atoms with Gasteiger partial charge in [0.2, 0.25) is 5.91 Å². The Morgan fingerprint density at radius 3 is 2.47 bits per heavy atom. The molecule has 0 atom stereocenters. The maximum atomic E-state index is 13.2. The Morgan fingerprint density at radius 1 is 1.03 bits per heavy atom. The van der Waals surface area contributed by atoms with Gasteiger partial charge >= 0.3 is 6.18 Å². The molecule has 4 rings (SSSR count). The first-order valence-electron chi connectivity index (χ1n) is 10.3. The largest absolute Gasteiger partial charge is 0.418 e. The molecule has 0 aliphatic heterocycles. The molecule has 0 unspecified atom stereocenters. The fraction of sp³-hybridized carbons (Fsp3) is 0.130. The van der Waals surface area contributed by atoms with Crippen LogP contribution in [0, 0.1) is 0 Å². The number of rotatable bonds is 8. The van der Waals surface area contributed by atoms with Crippen LogP contribution in [0.5, 0.6) is 0 Å². The molecule has 0 aliphatic rings. The third kappa shape index (κ3) is 6.33. The van der Waals surface area contributed by atoms with Gasteiger partial charge in [-0.05, 0) is 47.8 Å². The average molecular weight is 596 g/mol. The molecule has 0 bridgehead atoms. The van der Waals surface area contributed by atoms with Gasteiger partial charge in [0.25, 0.3) is 5.91 Å². The van der Waals surface area contributed by atoms with E-state index in [9.17, 15) is 22.8 Å². The fourth-order valence-corrected chi connectivity index (χ4v) is 4.84. The zero-order valence-corrected chi connectivity index (χ0v) is 21.5. The van der Waals surface area contributed by atoms with Gasteiger partial charge in [-0.3, -0.25) is 14.2 Å². The molecule has 2 amide bonds. The standard InChI is InChI=1S/C23H17BrF3N5O2S2/c24-14-7-9-15(10-8-14)32-19(12-28-21(34)18-6-3-11-35-18)30-31-22(32)36-13-20(33)29-17-5-2-1-4-16(17)23(25,26)27/h1-11H,12-13H2,(H,28,34)(H,29,33). The van der Waals surface area contributed by atoms with Crippen LogP contribution in [0.15, 0.2) is 75.7 Å². The minimum Gasteiger partial charge on any atom is -0.344 e. The molecule has 2 aromatic heterocycles. The second-order valence-corrected chi connectivity index (χ2v) is 10.1. The zero-order valence-electron chi connectivity index (χ0n) is 18.3. The molecule has 4 aromatic rings. The Hall–Kier alpha value is -3.16. The van der Waals surface area contributed by atoms with Gasteiger partial charge in [-0.15, -0.1) is 21.5 Å². The van der Waals surface area contributed by atoms with Gasteiger partial charge in [-0.25, -0.2) is 0 Å². The lowest BCUT2D eigenvalue weighted by atomic mass is 10.1. The van der Waals surface area contributed by atoms with Crippen molar-refractivity contribution in [1.82, 2.24) is 20.1 Å². The van der Waals surface area contributed by atoms with Crippen molar-refractivity contribution in [2.75, 3.05) is 11.1 Å². The number of nitrogens with zero attached hydrogens (tertiary/aromatic N) is 3. The summed E-state index contributed by atoms with van der Waals surface area (Å²) in [6, 6.07) is 15.5. The lowest BCUT2D eigenvalue weighted by Crippen LogP contribution is -2.24. The van der Waals surface area contributed by atoms with Gasteiger partial charge in [0.15, 0.2) is 11.0 Å². The summed E-state index contributed by atoms with van der Waals surface area (Å²) in [5, 5.41) is 15.6. The third-order valence-electron chi connectivity index (χ3n) is 4.78. The van der Waals surface area contributed by atoms with Crippen LogP contribution in [-0.4, -0.2) is 32.3 Å². The number of carbonyl (C=O) groups is 2. The molecule has 186 valence electrons. The molecule has 0 aliphatic carbocycles. The van der Waals surface area contributed by atoms with E-state index >= 15 is 0 Å². The zero-order chi connectivity index (χ0) is 25.7. The smallest absolute Gasteiger partial charge is 0.344 e. The van der Waals surface area contributed by atoms with Crippen LogP contribution in [0.2, 0.25) is 0 Å². The highest BCUT2D eigenvalue weighted by Crippen LogP contribution is 2.34. The molecule has 2 aromatic carbocycles. The summed E-state index contributed by atoms with van der Waals surface area (Å²) in [6.45, 7) is 0.0749. The third-order valence-corrected chi connectivity index (χ3v) is 7.10. The number of nitrogens with one attached hydrogen (secondary N) is 2. The first-order chi connectivity index (χ1) is 17.2. The SMILES string of the molecule is O=C(CSc1nnc(CNC(=O)c2cccs2)n1-c1ccc(Br)cc1)Nc1ccccc1C(F)(F)F. The van der Waals surface area contributed by atoms with Crippen LogP contribution in [0.1, 0.15) is 21.1 Å². The summed E-state index contributed by atoms with van der Waals surface area (Å²) in [5.74, 6) is -0.669. The van der Waals surface area contributed by atoms with Gasteiger partial charge in [0.1, 0.15) is 0 Å². The summed E-state index contributed by atoms with van der Waals surface area (Å²) in [6.07, 6.45) is -4.60. The molecule has 0 radical (unpaired) electrons. The van der Waals surface area contributed by atoms with E-state index in [2.05, 4.69) is 36.8 Å². The van der Waals surface area contributed by atoms with Crippen LogP contribution in [0.25, 0.3) is 5.69 Å². The number of halogens is 4. The van der Waals surface area contributed by atoms with E-state index < -0.39 is 17.6 Å². The average Bonchev–Trinajstić information content (AvgIpc) is 3.52. The molecular weight excluding hydrogens is 579 g/mol. The summed E-state index contributed by atoms with van der Waals surface area (Å²) in [7, 11) is 0. The van der Waals surface area contributed by atoms with E-state index in [-0.39, 0.29) is 23.9 Å². The topological polar surface area (TPSA) is 88.9 Å². The normalized spacial score (nSPS) is 11.3. The number of thioether (sulfide) groups is 1. The minimum absolute atomic E-state index is 0.0749. The quantitative estimate of drug-likeness (QED) is 0.252. The van der Waals surface area contributed by atoms with Crippen molar-refractivity contribution >= 4 is 56.5 Å². The Bertz CT molecular complexity index is 1360. The van der Waals surface area contributed by atoms with Gasteiger partial charge in [0, 0.05) is 10.2 Å². The Balaban J connectivity index is 1.51. The van der Waals surface area contributed by atoms with E-state index in [0.717, 1.165) is 22.3 Å². The molecule has 13 heteroatoms. The molecule has 2 N–H and O–H groups in total. The highest BCUT2D eigenvalue weighted by molar-refractivity contribution is 9.10. The maximum Gasteiger partial charge on any atom is 0.418 e. The van der Waals surface area contributed by atoms with Crippen LogP contribution >= 0.6 is 39.0 Å². The monoisotopic (exact) mass is 595 g/mol. The summed E-state index contributed by atoms with van der Waals surface area (Å²) < 4.78 is 42.2. The van der Waals surface area contributed by atoms with Gasteiger partial charge in [0.05, 0.1) is 28.4 Å². The number of hydrogen-bond acceptors (Lipinski definition) is 6. The van der Waals surface area contributed by atoms with Crippen molar-refractivity contribution in [3.05, 3.63) is 86.8 Å². The summed E-state index contributed by atoms with van der Waals surface area (Å²) >= 11 is 5.71. The summed E-state index contributed by atoms with van der Waals surface area (Å²) in [4.78, 5) is 25.4. The van der Waals surface area contributed by atoms with Crippen molar-refractivity contribution in [2.45, 2.75) is 17.9 Å². The lowest BCUT2D eigenvalue weighted by molar-refractivity contribution is -0.137. The van der Waals surface area contributed by atoms with E-state index in [0.29, 0.717) is 21.5 Å². The predicted molar refractivity (Wildman–Crippen MR) is 135 cm³/mol. The lowest BCUT2D eigenvalue weighted by Gasteiger charge is -2.14. The number of benzene rings is 2. The molecule has 0 spiro atoms. The molecule has 7 nitrogen and oxygen atoms in total. The Morgan fingerprint density at radius 2 is 1.78 bits per heavy atom. The fourth-order valence-electron chi connectivity index (χ4n) is 3.17. The van der Waals surface area contributed by atoms with Crippen LogP contribution in [0.4, 0.5) is 18.9 Å². The van der Waals surface area contributed by atoms with Crippen LogP contribution < -0.4 is 10.6 Å². The molecule has 0 saturated carbocycles. The Labute approximate surface area is 220 Å². The second-order valence-electron chi connectivity index (χ2n) is 7.25. The van der Waals surface area contributed by atoms with Crippen molar-refractivity contribution in [3.63, 3.8) is 0 Å². The number of aromatic nitrogens is 3. The van der Waals surface area contributed by atoms with Gasteiger partial charge in [-0.1, -0.05) is 45.9 Å². The van der Waals surface area contributed by atoms with Crippen molar-refractivity contribution < 1.29 is 22.8 Å². The van der Waals surface area contributed by atoms with E-state index in [1.165, 1.54) is 29.5 Å². The number of hydrogen-bond donors (Lipinski definition) is 2. The van der Waals surface area contributed by atoms with Crippen LogP contribution in [0.3, 0.4) is 0 Å². The molecule has 0 fully saturated rings. The van der Waals surface area contributed by atoms with Crippen molar-refractivity contribution in [2.24, 2.45) is 0 Å². The highest BCUT2D eigenvalue weighted by Gasteiger charge is 2.33. The van der Waals surface area contributed by atoms with E-state index in [1.54, 1.807) is 22.1 Å². The van der Waals surface area contributed by atoms with Gasteiger partial charge < -0.3 is 10.6 Å². The predicted octanol–water partition coefficient (Wildman–Crippen LogP) is 5.77. The number of para-hydroxylation sites is 1. The Kier molecular flexibility index (Phi) is 8.11. The minimum atomic E-state index is -4.60. The second kappa shape index (κ2) is 11.3. The van der Waals surface area contributed by atoms with Crippen LogP contribution in [-0.2, 0) is 17.5 Å². The number of amides is 2.